The molecule has 0 bridgehead atoms. The summed E-state index contributed by atoms with van der Waals surface area (Å²) in [6.07, 6.45) is 0. The van der Waals surface area contributed by atoms with E-state index in [1.54, 1.807) is 11.9 Å². The Morgan fingerprint density at radius 1 is 0.958 bits per heavy atom. The fourth-order valence-corrected chi connectivity index (χ4v) is 2.35. The summed E-state index contributed by atoms with van der Waals surface area (Å²) >= 11 is 5.37. The van der Waals surface area contributed by atoms with Gasteiger partial charge in [0.15, 0.2) is 5.11 Å². The van der Waals surface area contributed by atoms with Gasteiger partial charge in [-0.3, -0.25) is 4.79 Å². The number of hydrogen-bond donors (Lipinski definition) is 2. The van der Waals surface area contributed by atoms with Gasteiger partial charge in [0.25, 0.3) is 0 Å². The maximum absolute atomic E-state index is 12.1. The average molecular weight is 341 g/mol. The number of benzene rings is 2. The van der Waals surface area contributed by atoms with E-state index in [0.717, 1.165) is 16.9 Å². The number of aryl methyl sites for hydroxylation is 3. The van der Waals surface area contributed by atoms with Crippen molar-refractivity contribution >= 4 is 34.6 Å². The van der Waals surface area contributed by atoms with Crippen molar-refractivity contribution in [3.8, 4) is 0 Å². The zero-order chi connectivity index (χ0) is 17.7. The van der Waals surface area contributed by atoms with Crippen LogP contribution in [-0.2, 0) is 4.79 Å². The highest BCUT2D eigenvalue weighted by Gasteiger charge is 2.10. The molecule has 5 heteroatoms. The van der Waals surface area contributed by atoms with Gasteiger partial charge in [-0.15, -0.1) is 0 Å². The second kappa shape index (κ2) is 7.93. The smallest absolute Gasteiger partial charge is 0.243 e. The highest BCUT2D eigenvalue weighted by atomic mass is 32.1. The standard InChI is InChI=1S/C19H23N3OS/c1-13-5-8-16(9-6-13)20-18(23)12-22(4)19(24)21-17-10-7-14(2)15(3)11-17/h5-11H,12H2,1-4H3,(H,20,23)(H,21,24). The third kappa shape index (κ3) is 5.06. The number of amides is 1. The summed E-state index contributed by atoms with van der Waals surface area (Å²) in [6.45, 7) is 6.32. The Hall–Kier alpha value is -2.40. The van der Waals surface area contributed by atoms with Crippen molar-refractivity contribution in [2.24, 2.45) is 0 Å². The molecule has 0 aliphatic heterocycles. The molecular weight excluding hydrogens is 318 g/mol. The Bertz CT molecular complexity index is 741. The number of thiocarbonyl (C=S) groups is 1. The lowest BCUT2D eigenvalue weighted by Crippen LogP contribution is -2.37. The number of carbonyl (C=O) groups is 1. The molecule has 24 heavy (non-hydrogen) atoms. The second-order valence-electron chi connectivity index (χ2n) is 6.00. The fraction of sp³-hybridized carbons (Fsp3) is 0.263. The largest absolute Gasteiger partial charge is 0.343 e. The van der Waals surface area contributed by atoms with Crippen molar-refractivity contribution in [3.05, 3.63) is 59.2 Å². The van der Waals surface area contributed by atoms with Crippen LogP contribution in [0.25, 0.3) is 0 Å². The number of carbonyl (C=O) groups excluding carboxylic acids is 1. The predicted octanol–water partition coefficient (Wildman–Crippen LogP) is 3.88. The van der Waals surface area contributed by atoms with Crippen molar-refractivity contribution in [2.45, 2.75) is 20.8 Å². The Morgan fingerprint density at radius 3 is 2.21 bits per heavy atom. The van der Waals surface area contributed by atoms with Gasteiger partial charge in [0.1, 0.15) is 0 Å². The number of hydrogen-bond acceptors (Lipinski definition) is 2. The molecule has 0 atom stereocenters. The van der Waals surface area contributed by atoms with Gasteiger partial charge < -0.3 is 15.5 Å². The molecule has 0 radical (unpaired) electrons. The van der Waals surface area contributed by atoms with Gasteiger partial charge in [-0.25, -0.2) is 0 Å². The van der Waals surface area contributed by atoms with Crippen LogP contribution in [0, 0.1) is 20.8 Å². The number of nitrogens with one attached hydrogen (secondary N) is 2. The molecule has 0 aliphatic rings. The van der Waals surface area contributed by atoms with Gasteiger partial charge in [0.2, 0.25) is 5.91 Å². The van der Waals surface area contributed by atoms with Crippen LogP contribution in [0.4, 0.5) is 11.4 Å². The molecule has 1 amide bonds. The van der Waals surface area contributed by atoms with Crippen molar-refractivity contribution in [2.75, 3.05) is 24.2 Å². The quantitative estimate of drug-likeness (QED) is 0.829. The Labute approximate surface area is 148 Å². The third-order valence-corrected chi connectivity index (χ3v) is 4.23. The minimum absolute atomic E-state index is 0.106. The van der Waals surface area contributed by atoms with Crippen molar-refractivity contribution in [1.82, 2.24) is 4.90 Å². The Balaban J connectivity index is 1.89. The molecule has 0 spiro atoms. The normalized spacial score (nSPS) is 10.2. The number of rotatable bonds is 4. The zero-order valence-corrected chi connectivity index (χ0v) is 15.3. The first-order chi connectivity index (χ1) is 11.3. The van der Waals surface area contributed by atoms with Gasteiger partial charge >= 0.3 is 0 Å². The summed E-state index contributed by atoms with van der Waals surface area (Å²) in [7, 11) is 1.80. The summed E-state index contributed by atoms with van der Waals surface area (Å²) in [5.74, 6) is -0.106. The lowest BCUT2D eigenvalue weighted by molar-refractivity contribution is -0.116. The van der Waals surface area contributed by atoms with Gasteiger partial charge in [-0.1, -0.05) is 23.8 Å². The summed E-state index contributed by atoms with van der Waals surface area (Å²) in [5, 5.41) is 6.54. The Kier molecular flexibility index (Phi) is 5.93. The van der Waals surface area contributed by atoms with Gasteiger partial charge in [-0.2, -0.15) is 0 Å². The monoisotopic (exact) mass is 341 g/mol. The van der Waals surface area contributed by atoms with Crippen molar-refractivity contribution in [1.29, 1.82) is 0 Å². The van der Waals surface area contributed by atoms with E-state index < -0.39 is 0 Å². The molecule has 2 rings (SSSR count). The average Bonchev–Trinajstić information content (AvgIpc) is 2.53. The van der Waals surface area contributed by atoms with E-state index >= 15 is 0 Å². The van der Waals surface area contributed by atoms with Gasteiger partial charge in [0.05, 0.1) is 6.54 Å². The lowest BCUT2D eigenvalue weighted by atomic mass is 10.1. The summed E-state index contributed by atoms with van der Waals surface area (Å²) in [6, 6.07) is 13.8. The van der Waals surface area contributed by atoms with E-state index in [9.17, 15) is 4.79 Å². The topological polar surface area (TPSA) is 44.4 Å². The molecule has 0 aromatic heterocycles. The van der Waals surface area contributed by atoms with Crippen LogP contribution in [0.2, 0.25) is 0 Å². The minimum Gasteiger partial charge on any atom is -0.343 e. The summed E-state index contributed by atoms with van der Waals surface area (Å²) in [5.41, 5.74) is 5.30. The number of anilines is 2. The van der Waals surface area contributed by atoms with Crippen LogP contribution in [-0.4, -0.2) is 29.5 Å². The first-order valence-corrected chi connectivity index (χ1v) is 8.22. The molecule has 0 saturated heterocycles. The van der Waals surface area contributed by atoms with Gasteiger partial charge in [0, 0.05) is 18.4 Å². The Morgan fingerprint density at radius 2 is 1.58 bits per heavy atom. The first kappa shape index (κ1) is 17.9. The minimum atomic E-state index is -0.106. The fourth-order valence-electron chi connectivity index (χ4n) is 2.16. The highest BCUT2D eigenvalue weighted by Crippen LogP contribution is 2.14. The lowest BCUT2D eigenvalue weighted by Gasteiger charge is -2.21. The van der Waals surface area contributed by atoms with Crippen molar-refractivity contribution in [3.63, 3.8) is 0 Å². The van der Waals surface area contributed by atoms with Crippen LogP contribution < -0.4 is 10.6 Å². The first-order valence-electron chi connectivity index (χ1n) is 7.81. The molecule has 0 heterocycles. The van der Waals surface area contributed by atoms with E-state index in [1.807, 2.05) is 49.4 Å². The van der Waals surface area contributed by atoms with E-state index in [0.29, 0.717) is 5.11 Å². The maximum Gasteiger partial charge on any atom is 0.243 e. The summed E-state index contributed by atoms with van der Waals surface area (Å²) in [4.78, 5) is 13.8. The maximum atomic E-state index is 12.1. The van der Waals surface area contributed by atoms with Crippen LogP contribution in [0.1, 0.15) is 16.7 Å². The van der Waals surface area contributed by atoms with Crippen molar-refractivity contribution < 1.29 is 4.79 Å². The van der Waals surface area contributed by atoms with E-state index in [4.69, 9.17) is 12.2 Å². The SMILES string of the molecule is Cc1ccc(NC(=O)CN(C)C(=S)Nc2ccc(C)c(C)c2)cc1. The molecule has 2 aromatic carbocycles. The number of likely N-dealkylation sites (N-methyl/N-ethyl adjacent to an activating group) is 1. The molecule has 2 N–H and O–H groups in total. The highest BCUT2D eigenvalue weighted by molar-refractivity contribution is 7.80. The molecule has 2 aromatic rings. The van der Waals surface area contributed by atoms with E-state index in [2.05, 4.69) is 24.5 Å². The van der Waals surface area contributed by atoms with E-state index in [1.165, 1.54) is 11.1 Å². The molecule has 0 fully saturated rings. The van der Waals surface area contributed by atoms with Crippen LogP contribution >= 0.6 is 12.2 Å². The molecule has 0 aliphatic carbocycles. The summed E-state index contributed by atoms with van der Waals surface area (Å²) < 4.78 is 0. The van der Waals surface area contributed by atoms with Gasteiger partial charge in [-0.05, 0) is 68.4 Å². The third-order valence-electron chi connectivity index (χ3n) is 3.82. The van der Waals surface area contributed by atoms with E-state index in [-0.39, 0.29) is 12.5 Å². The second-order valence-corrected chi connectivity index (χ2v) is 6.39. The zero-order valence-electron chi connectivity index (χ0n) is 14.5. The van der Waals surface area contributed by atoms with Crippen LogP contribution in [0.5, 0.6) is 0 Å². The molecule has 126 valence electrons. The predicted molar refractivity (Wildman–Crippen MR) is 105 cm³/mol. The molecule has 4 nitrogen and oxygen atoms in total. The van der Waals surface area contributed by atoms with Crippen LogP contribution in [0.15, 0.2) is 42.5 Å². The molecule has 0 saturated carbocycles. The van der Waals surface area contributed by atoms with Crippen LogP contribution in [0.3, 0.4) is 0 Å². The molecule has 0 unspecified atom stereocenters. The molecular formula is C19H23N3OS. The number of nitrogens with zero attached hydrogens (tertiary/aromatic N) is 1.